The maximum atomic E-state index is 5.75. The molecule has 1 aromatic carbocycles. The van der Waals surface area contributed by atoms with Crippen molar-refractivity contribution < 1.29 is 4.74 Å². The van der Waals surface area contributed by atoms with Crippen molar-refractivity contribution in [1.29, 1.82) is 0 Å². The Morgan fingerprint density at radius 3 is 2.86 bits per heavy atom. The van der Waals surface area contributed by atoms with Gasteiger partial charge in [-0.05, 0) is 31.5 Å². The third-order valence-corrected chi connectivity index (χ3v) is 3.33. The highest BCUT2D eigenvalue weighted by Crippen LogP contribution is 2.18. The van der Waals surface area contributed by atoms with E-state index in [1.165, 1.54) is 5.56 Å². The Balaban J connectivity index is 1.94. The normalized spacial score (nSPS) is 10.4. The van der Waals surface area contributed by atoms with E-state index in [2.05, 4.69) is 10.4 Å². The molecule has 0 saturated heterocycles. The predicted octanol–water partition coefficient (Wildman–Crippen LogP) is 2.16. The van der Waals surface area contributed by atoms with Crippen molar-refractivity contribution in [3.05, 3.63) is 41.1 Å². The Hall–Kier alpha value is -2.08. The molecule has 1 aromatic heterocycles. The largest absolute Gasteiger partial charge is 0.492 e. The molecule has 6 heteroatoms. The van der Waals surface area contributed by atoms with Gasteiger partial charge in [-0.3, -0.25) is 4.68 Å². The number of thiocarbonyl (C=S) groups is 1. The van der Waals surface area contributed by atoms with Gasteiger partial charge in [0.25, 0.3) is 0 Å². The molecule has 0 spiro atoms. The van der Waals surface area contributed by atoms with Crippen LogP contribution in [0, 0.1) is 13.8 Å². The molecule has 0 aliphatic carbocycles. The lowest BCUT2D eigenvalue weighted by atomic mass is 10.2. The van der Waals surface area contributed by atoms with Gasteiger partial charge in [0.1, 0.15) is 23.2 Å². The summed E-state index contributed by atoms with van der Waals surface area (Å²) in [5.74, 6) is 1.69. The molecule has 1 heterocycles. The molecule has 2 aromatic rings. The summed E-state index contributed by atoms with van der Waals surface area (Å²) in [6.45, 7) is 5.12. The second kappa shape index (κ2) is 6.58. The maximum absolute atomic E-state index is 5.75. The number of ether oxygens (including phenoxy) is 1. The van der Waals surface area contributed by atoms with Crippen LogP contribution in [0.3, 0.4) is 0 Å². The van der Waals surface area contributed by atoms with E-state index in [1.807, 2.05) is 45.2 Å². The Bertz CT molecular complexity index is 651. The SMILES string of the molecule is Cc1cccc(OCCNc2c(C(N)=S)c(C)nn2C)c1. The summed E-state index contributed by atoms with van der Waals surface area (Å²) >= 11 is 5.07. The smallest absolute Gasteiger partial charge is 0.134 e. The van der Waals surface area contributed by atoms with Gasteiger partial charge in [0.05, 0.1) is 17.8 Å². The summed E-state index contributed by atoms with van der Waals surface area (Å²) in [4.78, 5) is 0.350. The number of benzene rings is 1. The van der Waals surface area contributed by atoms with Crippen LogP contribution in [0.1, 0.15) is 16.8 Å². The van der Waals surface area contributed by atoms with E-state index < -0.39 is 0 Å². The maximum Gasteiger partial charge on any atom is 0.134 e. The average molecular weight is 304 g/mol. The first-order chi connectivity index (χ1) is 9.99. The first-order valence-corrected chi connectivity index (χ1v) is 7.16. The second-order valence-corrected chi connectivity index (χ2v) is 5.33. The summed E-state index contributed by atoms with van der Waals surface area (Å²) in [7, 11) is 1.86. The van der Waals surface area contributed by atoms with Gasteiger partial charge in [-0.25, -0.2) is 0 Å². The molecule has 0 fully saturated rings. The van der Waals surface area contributed by atoms with Crippen LogP contribution in [0.15, 0.2) is 24.3 Å². The van der Waals surface area contributed by atoms with Crippen LogP contribution in [0.25, 0.3) is 0 Å². The van der Waals surface area contributed by atoms with Gasteiger partial charge in [-0.2, -0.15) is 5.10 Å². The lowest BCUT2D eigenvalue weighted by molar-refractivity contribution is 0.332. The van der Waals surface area contributed by atoms with Gasteiger partial charge < -0.3 is 15.8 Å². The lowest BCUT2D eigenvalue weighted by Crippen LogP contribution is -2.18. The molecule has 3 N–H and O–H groups in total. The molecular formula is C15H20N4OS. The topological polar surface area (TPSA) is 65.1 Å². The number of aryl methyl sites for hydroxylation is 3. The van der Waals surface area contributed by atoms with E-state index in [0.29, 0.717) is 18.1 Å². The third kappa shape index (κ3) is 3.72. The summed E-state index contributed by atoms with van der Waals surface area (Å²) in [6, 6.07) is 7.97. The van der Waals surface area contributed by atoms with Crippen LogP contribution in [-0.4, -0.2) is 27.9 Å². The van der Waals surface area contributed by atoms with E-state index in [1.54, 1.807) is 4.68 Å². The zero-order chi connectivity index (χ0) is 15.4. The molecule has 0 saturated carbocycles. The Kier molecular flexibility index (Phi) is 4.80. The minimum Gasteiger partial charge on any atom is -0.492 e. The molecule has 0 bridgehead atoms. The van der Waals surface area contributed by atoms with Crippen LogP contribution in [0.4, 0.5) is 5.82 Å². The first-order valence-electron chi connectivity index (χ1n) is 6.75. The average Bonchev–Trinajstić information content (AvgIpc) is 2.69. The van der Waals surface area contributed by atoms with Crippen molar-refractivity contribution in [2.75, 3.05) is 18.5 Å². The fraction of sp³-hybridized carbons (Fsp3) is 0.333. The molecule has 5 nitrogen and oxygen atoms in total. The molecular weight excluding hydrogens is 284 g/mol. The van der Waals surface area contributed by atoms with Crippen molar-refractivity contribution in [3.8, 4) is 5.75 Å². The second-order valence-electron chi connectivity index (χ2n) is 4.89. The Labute approximate surface area is 130 Å². The number of nitrogens with one attached hydrogen (secondary N) is 1. The number of hydrogen-bond acceptors (Lipinski definition) is 4. The number of hydrogen-bond donors (Lipinski definition) is 2. The molecule has 0 aliphatic heterocycles. The molecule has 0 aliphatic rings. The van der Waals surface area contributed by atoms with Crippen LogP contribution in [0.2, 0.25) is 0 Å². The highest BCUT2D eigenvalue weighted by molar-refractivity contribution is 7.80. The zero-order valence-corrected chi connectivity index (χ0v) is 13.3. The number of rotatable bonds is 6. The van der Waals surface area contributed by atoms with E-state index in [4.69, 9.17) is 22.7 Å². The van der Waals surface area contributed by atoms with Gasteiger partial charge in [-0.15, -0.1) is 0 Å². The van der Waals surface area contributed by atoms with Gasteiger partial charge in [0.2, 0.25) is 0 Å². The fourth-order valence-corrected chi connectivity index (χ4v) is 2.44. The van der Waals surface area contributed by atoms with Crippen LogP contribution < -0.4 is 15.8 Å². The van der Waals surface area contributed by atoms with Crippen LogP contribution in [0.5, 0.6) is 5.75 Å². The highest BCUT2D eigenvalue weighted by Gasteiger charge is 2.14. The van der Waals surface area contributed by atoms with E-state index in [-0.39, 0.29) is 0 Å². The molecule has 0 amide bonds. The number of nitrogens with zero attached hydrogens (tertiary/aromatic N) is 2. The zero-order valence-electron chi connectivity index (χ0n) is 12.5. The summed E-state index contributed by atoms with van der Waals surface area (Å²) in [6.07, 6.45) is 0. The van der Waals surface area contributed by atoms with E-state index in [0.717, 1.165) is 22.8 Å². The quantitative estimate of drug-likeness (QED) is 0.632. The number of nitrogens with two attached hydrogens (primary N) is 1. The van der Waals surface area contributed by atoms with Gasteiger partial charge in [0.15, 0.2) is 0 Å². The third-order valence-electron chi connectivity index (χ3n) is 3.12. The minimum absolute atomic E-state index is 0.350. The predicted molar refractivity (Wildman–Crippen MR) is 89.0 cm³/mol. The lowest BCUT2D eigenvalue weighted by Gasteiger charge is -2.10. The van der Waals surface area contributed by atoms with E-state index >= 15 is 0 Å². The van der Waals surface area contributed by atoms with Crippen LogP contribution >= 0.6 is 12.2 Å². The van der Waals surface area contributed by atoms with Gasteiger partial charge >= 0.3 is 0 Å². The minimum atomic E-state index is 0.350. The Morgan fingerprint density at radius 2 is 2.19 bits per heavy atom. The molecule has 21 heavy (non-hydrogen) atoms. The number of anilines is 1. The molecule has 112 valence electrons. The summed E-state index contributed by atoms with van der Waals surface area (Å²) in [5, 5.41) is 7.60. The summed E-state index contributed by atoms with van der Waals surface area (Å²) < 4.78 is 7.45. The van der Waals surface area contributed by atoms with Crippen molar-refractivity contribution >= 4 is 23.0 Å². The van der Waals surface area contributed by atoms with Crippen molar-refractivity contribution in [2.45, 2.75) is 13.8 Å². The number of aromatic nitrogens is 2. The molecule has 2 rings (SSSR count). The van der Waals surface area contributed by atoms with Crippen molar-refractivity contribution in [3.63, 3.8) is 0 Å². The monoisotopic (exact) mass is 304 g/mol. The van der Waals surface area contributed by atoms with Crippen molar-refractivity contribution in [2.24, 2.45) is 12.8 Å². The van der Waals surface area contributed by atoms with E-state index in [9.17, 15) is 0 Å². The fourth-order valence-electron chi connectivity index (χ4n) is 2.20. The molecule has 0 radical (unpaired) electrons. The molecule has 0 unspecified atom stereocenters. The standard InChI is InChI=1S/C15H20N4OS/c1-10-5-4-6-12(9-10)20-8-7-17-15-13(14(16)21)11(2)18-19(15)3/h4-6,9,17H,7-8H2,1-3H3,(H2,16,21). The van der Waals surface area contributed by atoms with Gasteiger partial charge in [0, 0.05) is 7.05 Å². The Morgan fingerprint density at radius 1 is 1.43 bits per heavy atom. The van der Waals surface area contributed by atoms with Crippen LogP contribution in [-0.2, 0) is 7.05 Å². The first kappa shape index (κ1) is 15.3. The molecule has 0 atom stereocenters. The highest BCUT2D eigenvalue weighted by atomic mass is 32.1. The van der Waals surface area contributed by atoms with Crippen molar-refractivity contribution in [1.82, 2.24) is 9.78 Å². The van der Waals surface area contributed by atoms with Gasteiger partial charge in [-0.1, -0.05) is 24.4 Å². The summed E-state index contributed by atoms with van der Waals surface area (Å²) in [5.41, 5.74) is 8.55.